The average Bonchev–Trinajstić information content (AvgIpc) is 2.78. The van der Waals surface area contributed by atoms with Gasteiger partial charge in [-0.25, -0.2) is 23.3 Å². The minimum absolute atomic E-state index is 0.120. The van der Waals surface area contributed by atoms with Crippen LogP contribution in [0, 0.1) is 12.2 Å². The molecule has 0 aromatic carbocycles. The van der Waals surface area contributed by atoms with E-state index in [9.17, 15) is 0 Å². The fraction of sp³-hybridized carbons (Fsp3) is 0.429. The van der Waals surface area contributed by atoms with E-state index < -0.39 is 0 Å². The van der Waals surface area contributed by atoms with Crippen molar-refractivity contribution in [3.63, 3.8) is 0 Å². The van der Waals surface area contributed by atoms with Crippen molar-refractivity contribution in [2.45, 2.75) is 39.8 Å². The molecule has 2 aliphatic rings. The molecule has 0 spiro atoms. The molecule has 2 rings (SSSR count). The van der Waals surface area contributed by atoms with Crippen molar-refractivity contribution in [3.8, 4) is 0 Å². The molecule has 0 nitrogen and oxygen atoms in total. The number of hydrogen-bond donors (Lipinski definition) is 0. The minimum atomic E-state index is 0.120. The molecule has 0 saturated carbocycles. The molecule has 16 heavy (non-hydrogen) atoms. The van der Waals surface area contributed by atoms with E-state index in [1.54, 1.807) is 0 Å². The van der Waals surface area contributed by atoms with Crippen LogP contribution in [0.3, 0.4) is 0 Å². The predicted octanol–water partition coefficient (Wildman–Crippen LogP) is 4.18. The Labute approximate surface area is 112 Å². The Balaban J connectivity index is 0.000000217. The molecule has 0 aromatic heterocycles. The van der Waals surface area contributed by atoms with Crippen LogP contribution in [0.5, 0.6) is 0 Å². The summed E-state index contributed by atoms with van der Waals surface area (Å²) in [5.41, 5.74) is 2.55. The van der Waals surface area contributed by atoms with Gasteiger partial charge in [0.25, 0.3) is 0 Å². The van der Waals surface area contributed by atoms with E-state index in [-0.39, 0.29) is 6.19 Å². The number of allylic oxidation sites excluding steroid dienone is 8. The zero-order valence-electron chi connectivity index (χ0n) is 10.7. The van der Waals surface area contributed by atoms with Crippen LogP contribution in [0.4, 0.5) is 0 Å². The Morgan fingerprint density at radius 2 is 1.31 bits per heavy atom. The van der Waals surface area contributed by atoms with Gasteiger partial charge in [0, 0.05) is 0 Å². The van der Waals surface area contributed by atoms with Gasteiger partial charge in [0.1, 0.15) is 0 Å². The number of rotatable bonds is 0. The van der Waals surface area contributed by atoms with Gasteiger partial charge < -0.3 is 0 Å². The molecule has 0 fully saturated rings. The summed E-state index contributed by atoms with van der Waals surface area (Å²) < 4.78 is 0. The van der Waals surface area contributed by atoms with Crippen molar-refractivity contribution < 1.29 is 19.2 Å². The van der Waals surface area contributed by atoms with Crippen molar-refractivity contribution in [3.05, 3.63) is 47.6 Å². The third kappa shape index (κ3) is 12.0. The molecule has 0 radical (unpaired) electrons. The Hall–Kier alpha value is -0.109. The van der Waals surface area contributed by atoms with Crippen LogP contribution in [0.25, 0.3) is 0 Å². The van der Waals surface area contributed by atoms with Gasteiger partial charge in [0.2, 0.25) is 0 Å². The topological polar surface area (TPSA) is 0 Å². The summed E-state index contributed by atoms with van der Waals surface area (Å²) >= 11 is 2.27. The monoisotopic (exact) mass is 264 g/mol. The van der Waals surface area contributed by atoms with Crippen LogP contribution in [-0.2, 0) is 19.2 Å². The first-order chi connectivity index (χ1) is 7.52. The molecule has 84 valence electrons. The third-order valence-corrected chi connectivity index (χ3v) is 1.73. The van der Waals surface area contributed by atoms with Gasteiger partial charge in [-0.2, -0.15) is 12.2 Å². The molecular formula is C14H20SiTi. The zero-order chi connectivity index (χ0) is 12.4. The van der Waals surface area contributed by atoms with Crippen LogP contribution in [0.1, 0.15) is 26.7 Å². The van der Waals surface area contributed by atoms with E-state index in [0.29, 0.717) is 0 Å². The quantitative estimate of drug-likeness (QED) is 0.455. The van der Waals surface area contributed by atoms with Crippen molar-refractivity contribution >= 4 is 6.19 Å². The second kappa shape index (κ2) is 10.1. The van der Waals surface area contributed by atoms with Crippen LogP contribution >= 0.6 is 0 Å². The maximum atomic E-state index is 3.12. The van der Waals surface area contributed by atoms with Gasteiger partial charge in [-0.15, -0.1) is 12.8 Å². The van der Waals surface area contributed by atoms with E-state index in [4.69, 9.17) is 0 Å². The van der Waals surface area contributed by atoms with Crippen molar-refractivity contribution in [2.75, 3.05) is 0 Å². The molecule has 0 N–H and O–H groups in total. The van der Waals surface area contributed by atoms with Gasteiger partial charge in [-0.3, -0.25) is 12.2 Å². The summed E-state index contributed by atoms with van der Waals surface area (Å²) in [6.45, 7) is 8.66. The fourth-order valence-electron chi connectivity index (χ4n) is 1.03. The molecular weight excluding hydrogens is 244 g/mol. The Morgan fingerprint density at radius 1 is 1.00 bits per heavy atom. The molecule has 0 atom stereocenters. The van der Waals surface area contributed by atoms with Crippen molar-refractivity contribution in [2.24, 2.45) is 0 Å². The van der Waals surface area contributed by atoms with Gasteiger partial charge in [-0.05, 0) is 0 Å². The summed E-state index contributed by atoms with van der Waals surface area (Å²) in [5, 5.41) is 0. The molecule has 2 aliphatic carbocycles. The molecule has 0 bridgehead atoms. The Bertz CT molecular complexity index is 295. The first-order valence-electron chi connectivity index (χ1n) is 5.52. The van der Waals surface area contributed by atoms with Gasteiger partial charge in [0.15, 0.2) is 0 Å². The van der Waals surface area contributed by atoms with E-state index in [2.05, 4.69) is 82.6 Å². The zero-order valence-corrected chi connectivity index (χ0v) is 13.3. The van der Waals surface area contributed by atoms with Crippen molar-refractivity contribution in [1.82, 2.24) is 0 Å². The molecule has 2 heteroatoms. The van der Waals surface area contributed by atoms with Gasteiger partial charge in [0.05, 0.1) is 0 Å². The van der Waals surface area contributed by atoms with E-state index in [0.717, 1.165) is 12.8 Å². The fourth-order valence-corrected chi connectivity index (χ4v) is 1.03. The first kappa shape index (κ1) is 15.9. The Kier molecular flexibility index (Phi) is 10.0. The summed E-state index contributed by atoms with van der Waals surface area (Å²) in [7, 11) is 0. The van der Waals surface area contributed by atoms with Crippen LogP contribution < -0.4 is 0 Å². The normalized spacial score (nSPS) is 15.6. The molecule has 0 amide bonds. The second-order valence-electron chi connectivity index (χ2n) is 3.93. The van der Waals surface area contributed by atoms with Crippen LogP contribution in [-0.4, -0.2) is 6.19 Å². The van der Waals surface area contributed by atoms with E-state index in [1.165, 1.54) is 11.1 Å². The summed E-state index contributed by atoms with van der Waals surface area (Å²) in [6, 6.07) is 0. The standard InChI is InChI=1S/2C6H7.C2H6Si.Ti/c2*1-6-4-2-3-5-6;1-3-2;/h2*2,4H,3H2,1H3;1-2H3;/q2*-1;;+2. The first-order valence-corrected chi connectivity index (χ1v) is 10.4. The average molecular weight is 264 g/mol. The summed E-state index contributed by atoms with van der Waals surface area (Å²) in [4.78, 5) is 0. The van der Waals surface area contributed by atoms with Crippen LogP contribution in [0.15, 0.2) is 35.5 Å². The molecule has 0 heterocycles. The second-order valence-corrected chi connectivity index (χ2v) is 10.6. The molecule has 0 saturated heterocycles. The van der Waals surface area contributed by atoms with Crippen molar-refractivity contribution in [1.29, 1.82) is 0 Å². The molecule has 0 aliphatic heterocycles. The SMILES string of the molecule is CC1=[C-]CC=C1.CC1=[C-]CC=C1.C[Si](C)=[Ti+2]. The van der Waals surface area contributed by atoms with Gasteiger partial charge in [-0.1, -0.05) is 13.8 Å². The molecule has 0 aromatic rings. The Morgan fingerprint density at radius 3 is 1.38 bits per heavy atom. The van der Waals surface area contributed by atoms with E-state index >= 15 is 0 Å². The number of hydrogen-bond acceptors (Lipinski definition) is 0. The van der Waals surface area contributed by atoms with E-state index in [1.807, 2.05) is 0 Å². The van der Waals surface area contributed by atoms with Gasteiger partial charge >= 0.3 is 38.5 Å². The third-order valence-electron chi connectivity index (χ3n) is 1.73. The summed E-state index contributed by atoms with van der Waals surface area (Å²) in [6.07, 6.45) is 16.8. The van der Waals surface area contributed by atoms with Crippen LogP contribution in [0.2, 0.25) is 13.1 Å². The summed E-state index contributed by atoms with van der Waals surface area (Å²) in [5.74, 6) is 0. The maximum absolute atomic E-state index is 3.12. The predicted molar refractivity (Wildman–Crippen MR) is 69.9 cm³/mol. The molecule has 0 unspecified atom stereocenters.